The topological polar surface area (TPSA) is 59.4 Å². The van der Waals surface area contributed by atoms with Gasteiger partial charge in [0.2, 0.25) is 5.91 Å². The number of amides is 1. The first-order chi connectivity index (χ1) is 12.0. The number of carbonyl (C=O) groups excluding carboxylic acids is 1. The first-order valence-electron chi connectivity index (χ1n) is 8.73. The minimum atomic E-state index is -0.0141. The van der Waals surface area contributed by atoms with Gasteiger partial charge in [0, 0.05) is 12.6 Å². The fourth-order valence-corrected chi connectivity index (χ4v) is 3.20. The number of hydrogen-bond donors (Lipinski definition) is 1. The van der Waals surface area contributed by atoms with E-state index in [-0.39, 0.29) is 18.1 Å². The summed E-state index contributed by atoms with van der Waals surface area (Å²) in [4.78, 5) is 14.7. The van der Waals surface area contributed by atoms with E-state index in [9.17, 15) is 4.79 Å². The Morgan fingerprint density at radius 2 is 2.00 bits per heavy atom. The van der Waals surface area contributed by atoms with Gasteiger partial charge in [-0.25, -0.2) is 4.68 Å². The van der Waals surface area contributed by atoms with E-state index in [0.717, 1.165) is 29.3 Å². The zero-order valence-corrected chi connectivity index (χ0v) is 15.3. The van der Waals surface area contributed by atoms with Crippen LogP contribution in [0.15, 0.2) is 30.3 Å². The second-order valence-corrected chi connectivity index (χ2v) is 6.76. The lowest BCUT2D eigenvalue weighted by Crippen LogP contribution is -2.50. The molecule has 0 aliphatic carbocycles. The number of hydrogen-bond acceptors (Lipinski definition) is 4. The first-order valence-corrected chi connectivity index (χ1v) is 8.73. The molecular formula is C19H26N4O2. The Morgan fingerprint density at radius 3 is 2.72 bits per heavy atom. The van der Waals surface area contributed by atoms with Crippen molar-refractivity contribution in [2.24, 2.45) is 0 Å². The van der Waals surface area contributed by atoms with Crippen LogP contribution in [0.4, 0.5) is 5.69 Å². The summed E-state index contributed by atoms with van der Waals surface area (Å²) in [7, 11) is 0. The van der Waals surface area contributed by atoms with Crippen molar-refractivity contribution in [1.82, 2.24) is 14.7 Å². The van der Waals surface area contributed by atoms with Crippen LogP contribution in [-0.4, -0.2) is 52.4 Å². The largest absolute Gasteiger partial charge is 0.376 e. The molecule has 1 aliphatic rings. The lowest BCUT2D eigenvalue weighted by molar-refractivity contribution is -0.121. The molecule has 1 saturated heterocycles. The van der Waals surface area contributed by atoms with Gasteiger partial charge in [0.1, 0.15) is 0 Å². The number of aryl methyl sites for hydroxylation is 1. The number of rotatable bonds is 4. The van der Waals surface area contributed by atoms with Crippen molar-refractivity contribution < 1.29 is 9.53 Å². The molecule has 1 N–H and O–H groups in total. The van der Waals surface area contributed by atoms with Crippen LogP contribution in [0.5, 0.6) is 0 Å². The third-order valence-electron chi connectivity index (χ3n) is 4.64. The second-order valence-electron chi connectivity index (χ2n) is 6.76. The van der Waals surface area contributed by atoms with E-state index < -0.39 is 0 Å². The number of para-hydroxylation sites is 1. The van der Waals surface area contributed by atoms with Gasteiger partial charge in [-0.2, -0.15) is 5.10 Å². The second kappa shape index (κ2) is 7.37. The highest BCUT2D eigenvalue weighted by Crippen LogP contribution is 2.23. The Labute approximate surface area is 148 Å². The van der Waals surface area contributed by atoms with E-state index in [1.54, 1.807) is 0 Å². The van der Waals surface area contributed by atoms with Gasteiger partial charge >= 0.3 is 0 Å². The molecule has 3 rings (SSSR count). The summed E-state index contributed by atoms with van der Waals surface area (Å²) in [6.45, 7) is 9.82. The highest BCUT2D eigenvalue weighted by atomic mass is 16.5. The first kappa shape index (κ1) is 17.6. The minimum Gasteiger partial charge on any atom is -0.376 e. The van der Waals surface area contributed by atoms with Gasteiger partial charge in [0.05, 0.1) is 42.0 Å². The maximum atomic E-state index is 12.6. The molecule has 134 valence electrons. The summed E-state index contributed by atoms with van der Waals surface area (Å²) in [5, 5.41) is 7.62. The number of morpholine rings is 1. The highest BCUT2D eigenvalue weighted by Gasteiger charge is 2.25. The van der Waals surface area contributed by atoms with Crippen LogP contribution in [0.1, 0.15) is 25.2 Å². The molecule has 1 aromatic heterocycles. The predicted molar refractivity (Wildman–Crippen MR) is 98.1 cm³/mol. The molecule has 6 heteroatoms. The lowest BCUT2D eigenvalue weighted by Gasteiger charge is -2.36. The normalized spacial score (nSPS) is 21.3. The fraction of sp³-hybridized carbons (Fsp3) is 0.474. The van der Waals surface area contributed by atoms with Crippen molar-refractivity contribution in [3.05, 3.63) is 41.7 Å². The summed E-state index contributed by atoms with van der Waals surface area (Å²) in [5.74, 6) is -0.0141. The molecule has 0 spiro atoms. The van der Waals surface area contributed by atoms with Crippen molar-refractivity contribution in [3.63, 3.8) is 0 Å². The Bertz CT molecular complexity index is 741. The average molecular weight is 342 g/mol. The van der Waals surface area contributed by atoms with E-state index in [4.69, 9.17) is 4.74 Å². The quantitative estimate of drug-likeness (QED) is 0.928. The Balaban J connectivity index is 1.72. The van der Waals surface area contributed by atoms with Gasteiger partial charge in [0.25, 0.3) is 0 Å². The van der Waals surface area contributed by atoms with Crippen LogP contribution in [-0.2, 0) is 9.53 Å². The molecule has 0 saturated carbocycles. The average Bonchev–Trinajstić information content (AvgIpc) is 2.87. The van der Waals surface area contributed by atoms with Gasteiger partial charge < -0.3 is 10.1 Å². The lowest BCUT2D eigenvalue weighted by atomic mass is 10.2. The van der Waals surface area contributed by atoms with E-state index in [0.29, 0.717) is 13.2 Å². The summed E-state index contributed by atoms with van der Waals surface area (Å²) in [6.07, 6.45) is 0.160. The number of carbonyl (C=O) groups is 1. The highest BCUT2D eigenvalue weighted by molar-refractivity contribution is 5.93. The van der Waals surface area contributed by atoms with E-state index in [1.165, 1.54) is 0 Å². The summed E-state index contributed by atoms with van der Waals surface area (Å²) < 4.78 is 7.49. The maximum Gasteiger partial charge on any atom is 0.238 e. The predicted octanol–water partition coefficient (Wildman–Crippen LogP) is 2.54. The fourth-order valence-electron chi connectivity index (χ4n) is 3.20. The van der Waals surface area contributed by atoms with Crippen LogP contribution in [0.2, 0.25) is 0 Å². The third kappa shape index (κ3) is 3.91. The van der Waals surface area contributed by atoms with Crippen molar-refractivity contribution in [3.8, 4) is 5.69 Å². The smallest absolute Gasteiger partial charge is 0.238 e. The van der Waals surface area contributed by atoms with Gasteiger partial charge in [0.15, 0.2) is 0 Å². The van der Waals surface area contributed by atoms with Gasteiger partial charge in [-0.1, -0.05) is 18.2 Å². The van der Waals surface area contributed by atoms with Crippen LogP contribution >= 0.6 is 0 Å². The molecular weight excluding hydrogens is 316 g/mol. The number of benzene rings is 1. The van der Waals surface area contributed by atoms with Crippen molar-refractivity contribution in [1.29, 1.82) is 0 Å². The van der Waals surface area contributed by atoms with Gasteiger partial charge in [-0.05, 0) is 39.8 Å². The van der Waals surface area contributed by atoms with E-state index in [2.05, 4.69) is 22.2 Å². The molecule has 2 atom stereocenters. The molecule has 0 unspecified atom stereocenters. The molecule has 25 heavy (non-hydrogen) atoms. The Kier molecular flexibility index (Phi) is 5.20. The molecule has 2 aromatic rings. The SMILES string of the molecule is Cc1nn(-c2ccccc2)c(C)c1NC(=O)CN1C[C@@H](C)OC[C@H]1C. The molecule has 1 fully saturated rings. The van der Waals surface area contributed by atoms with Gasteiger partial charge in [-0.3, -0.25) is 9.69 Å². The standard InChI is InChI=1S/C19H26N4O2/c1-13-12-25-14(2)10-22(13)11-18(24)20-19-15(3)21-23(16(19)4)17-8-6-5-7-9-17/h5-9,13-14H,10-12H2,1-4H3,(H,20,24)/t13-,14-/m1/s1. The van der Waals surface area contributed by atoms with Crippen LogP contribution in [0.25, 0.3) is 5.69 Å². The monoisotopic (exact) mass is 342 g/mol. The van der Waals surface area contributed by atoms with Crippen LogP contribution in [0.3, 0.4) is 0 Å². The molecule has 1 aromatic carbocycles. The van der Waals surface area contributed by atoms with Gasteiger partial charge in [-0.15, -0.1) is 0 Å². The zero-order valence-electron chi connectivity index (χ0n) is 15.3. The summed E-state index contributed by atoms with van der Waals surface area (Å²) in [5.41, 5.74) is 3.53. The number of nitrogens with zero attached hydrogens (tertiary/aromatic N) is 3. The maximum absolute atomic E-state index is 12.6. The molecule has 6 nitrogen and oxygen atoms in total. The van der Waals surface area contributed by atoms with Crippen molar-refractivity contribution in [2.45, 2.75) is 39.8 Å². The number of aromatic nitrogens is 2. The zero-order chi connectivity index (χ0) is 18.0. The van der Waals surface area contributed by atoms with Crippen molar-refractivity contribution >= 4 is 11.6 Å². The Hall–Kier alpha value is -2.18. The third-order valence-corrected chi connectivity index (χ3v) is 4.64. The number of nitrogens with one attached hydrogen (secondary N) is 1. The minimum absolute atomic E-state index is 0.0141. The van der Waals surface area contributed by atoms with Crippen LogP contribution in [0, 0.1) is 13.8 Å². The summed E-state index contributed by atoms with van der Waals surface area (Å²) >= 11 is 0. The van der Waals surface area contributed by atoms with Crippen molar-refractivity contribution in [2.75, 3.05) is 25.0 Å². The molecule has 0 radical (unpaired) electrons. The number of ether oxygens (including phenoxy) is 1. The molecule has 1 aliphatic heterocycles. The van der Waals surface area contributed by atoms with E-state index in [1.807, 2.05) is 55.8 Å². The molecule has 0 bridgehead atoms. The van der Waals surface area contributed by atoms with Crippen LogP contribution < -0.4 is 5.32 Å². The molecule has 2 heterocycles. The summed E-state index contributed by atoms with van der Waals surface area (Å²) in [6, 6.07) is 10.2. The molecule has 1 amide bonds. The van der Waals surface area contributed by atoms with E-state index >= 15 is 0 Å². The number of anilines is 1. The Morgan fingerprint density at radius 1 is 1.28 bits per heavy atom.